The lowest BCUT2D eigenvalue weighted by atomic mass is 10.3. The highest BCUT2D eigenvalue weighted by Crippen LogP contribution is 2.27. The number of nitrogens with zero attached hydrogens (tertiary/aromatic N) is 1. The van der Waals surface area contributed by atoms with Crippen LogP contribution in [0.3, 0.4) is 0 Å². The molecule has 0 atom stereocenters. The largest absolute Gasteiger partial charge is 0.573 e. The summed E-state index contributed by atoms with van der Waals surface area (Å²) in [5.41, 5.74) is 0.763. The van der Waals surface area contributed by atoms with E-state index in [0.717, 1.165) is 22.6 Å². The first-order valence-electron chi connectivity index (χ1n) is 5.33. The van der Waals surface area contributed by atoms with E-state index in [9.17, 15) is 13.2 Å². The van der Waals surface area contributed by atoms with E-state index in [4.69, 9.17) is 5.41 Å². The molecule has 0 saturated heterocycles. The number of thiazole rings is 1. The maximum atomic E-state index is 12.1. The van der Waals surface area contributed by atoms with Gasteiger partial charge >= 0.3 is 6.36 Å². The monoisotopic (exact) mass is 308 g/mol. The van der Waals surface area contributed by atoms with Crippen LogP contribution >= 0.6 is 23.1 Å². The molecular formula is C11H11F3N2OS2. The minimum atomic E-state index is -4.69. The molecule has 8 heteroatoms. The third-order valence-corrected chi connectivity index (χ3v) is 3.98. The van der Waals surface area contributed by atoms with E-state index in [2.05, 4.69) is 4.74 Å². The molecule has 0 unspecified atom stereocenters. The van der Waals surface area contributed by atoms with Crippen molar-refractivity contribution < 1.29 is 17.9 Å². The number of thioether (sulfide) groups is 1. The molecule has 3 nitrogen and oxygen atoms in total. The Balaban J connectivity index is 2.37. The third kappa shape index (κ3) is 3.44. The van der Waals surface area contributed by atoms with Gasteiger partial charge in [0.1, 0.15) is 5.75 Å². The molecule has 2 aromatic rings. The summed E-state index contributed by atoms with van der Waals surface area (Å²) in [5.74, 6) is 0.599. The van der Waals surface area contributed by atoms with Crippen LogP contribution in [0.25, 0.3) is 10.2 Å². The molecule has 0 aliphatic heterocycles. The molecule has 2 rings (SSSR count). The molecule has 1 aromatic heterocycles. The van der Waals surface area contributed by atoms with E-state index in [-0.39, 0.29) is 5.75 Å². The fourth-order valence-corrected chi connectivity index (χ4v) is 3.00. The van der Waals surface area contributed by atoms with Crippen molar-refractivity contribution in [2.45, 2.75) is 12.9 Å². The first kappa shape index (κ1) is 14.3. The van der Waals surface area contributed by atoms with Crippen molar-refractivity contribution in [1.82, 2.24) is 4.57 Å². The number of ether oxygens (including phenoxy) is 1. The Morgan fingerprint density at radius 3 is 2.79 bits per heavy atom. The first-order chi connectivity index (χ1) is 8.90. The minimum Gasteiger partial charge on any atom is -0.406 e. The predicted octanol–water partition coefficient (Wildman–Crippen LogP) is 3.44. The minimum absolute atomic E-state index is 0.252. The van der Waals surface area contributed by atoms with Crippen molar-refractivity contribution in [1.29, 1.82) is 5.41 Å². The quantitative estimate of drug-likeness (QED) is 0.939. The Morgan fingerprint density at radius 2 is 2.16 bits per heavy atom. The Morgan fingerprint density at radius 1 is 1.42 bits per heavy atom. The van der Waals surface area contributed by atoms with Crippen LogP contribution in [-0.2, 0) is 6.54 Å². The number of hydrogen-bond donors (Lipinski definition) is 1. The molecule has 19 heavy (non-hydrogen) atoms. The Hall–Kier alpha value is -1.15. The maximum Gasteiger partial charge on any atom is 0.573 e. The van der Waals surface area contributed by atoms with Gasteiger partial charge in [0.15, 0.2) is 4.80 Å². The Bertz CT molecular complexity index is 633. The molecule has 0 fully saturated rings. The van der Waals surface area contributed by atoms with E-state index in [1.165, 1.54) is 12.1 Å². The van der Waals surface area contributed by atoms with E-state index in [0.29, 0.717) is 16.0 Å². The molecule has 0 spiro atoms. The molecule has 0 amide bonds. The summed E-state index contributed by atoms with van der Waals surface area (Å²) in [4.78, 5) is 0.327. The van der Waals surface area contributed by atoms with E-state index < -0.39 is 6.36 Å². The normalized spacial score (nSPS) is 12.0. The number of hydrogen-bond acceptors (Lipinski definition) is 4. The highest BCUT2D eigenvalue weighted by atomic mass is 32.2. The van der Waals surface area contributed by atoms with Crippen LogP contribution in [0.4, 0.5) is 13.2 Å². The zero-order valence-corrected chi connectivity index (χ0v) is 11.6. The highest BCUT2D eigenvalue weighted by molar-refractivity contribution is 7.98. The molecule has 0 aliphatic rings. The first-order valence-corrected chi connectivity index (χ1v) is 7.54. The van der Waals surface area contributed by atoms with Gasteiger partial charge in [-0.05, 0) is 24.5 Å². The second kappa shape index (κ2) is 5.46. The number of fused-ring (bicyclic) bond motifs is 1. The van der Waals surface area contributed by atoms with E-state index >= 15 is 0 Å². The van der Waals surface area contributed by atoms with Crippen molar-refractivity contribution in [2.75, 3.05) is 12.0 Å². The van der Waals surface area contributed by atoms with Crippen molar-refractivity contribution >= 4 is 33.3 Å². The molecule has 0 radical (unpaired) electrons. The number of rotatable bonds is 4. The molecule has 1 aromatic carbocycles. The average Bonchev–Trinajstić information content (AvgIpc) is 2.59. The number of benzene rings is 1. The molecular weight excluding hydrogens is 297 g/mol. The van der Waals surface area contributed by atoms with Crippen LogP contribution in [0.15, 0.2) is 18.2 Å². The lowest BCUT2D eigenvalue weighted by molar-refractivity contribution is -0.274. The summed E-state index contributed by atoms with van der Waals surface area (Å²) in [5, 5.41) is 7.84. The standard InChI is InChI=1S/C11H11F3N2OS2/c1-18-5-4-16-8-3-2-7(17-11(12,13)14)6-9(8)19-10(16)15/h2-3,6,15H,4-5H2,1H3. The van der Waals surface area contributed by atoms with Crippen molar-refractivity contribution in [2.24, 2.45) is 0 Å². The molecule has 0 aliphatic carbocycles. The summed E-state index contributed by atoms with van der Waals surface area (Å²) >= 11 is 2.80. The van der Waals surface area contributed by atoms with Gasteiger partial charge in [0, 0.05) is 12.3 Å². The van der Waals surface area contributed by atoms with E-state index in [1.54, 1.807) is 22.4 Å². The van der Waals surface area contributed by atoms with Crippen LogP contribution in [-0.4, -0.2) is 22.9 Å². The van der Waals surface area contributed by atoms with Gasteiger partial charge in [0.25, 0.3) is 0 Å². The predicted molar refractivity (Wildman–Crippen MR) is 70.7 cm³/mol. The van der Waals surface area contributed by atoms with Crippen molar-refractivity contribution in [3.05, 3.63) is 23.0 Å². The SMILES string of the molecule is CSCCn1c(=N)sc2cc(OC(F)(F)F)ccc21. The van der Waals surface area contributed by atoms with Crippen LogP contribution in [0.1, 0.15) is 0 Å². The van der Waals surface area contributed by atoms with Crippen LogP contribution in [0.5, 0.6) is 5.75 Å². The highest BCUT2D eigenvalue weighted by Gasteiger charge is 2.31. The topological polar surface area (TPSA) is 38.0 Å². The third-order valence-electron chi connectivity index (χ3n) is 2.43. The Labute approximate surface area is 115 Å². The number of halogens is 3. The van der Waals surface area contributed by atoms with Crippen LogP contribution < -0.4 is 9.54 Å². The van der Waals surface area contributed by atoms with Gasteiger partial charge in [-0.25, -0.2) is 0 Å². The molecule has 0 saturated carbocycles. The fraction of sp³-hybridized carbons (Fsp3) is 0.364. The average molecular weight is 308 g/mol. The molecule has 1 N–H and O–H groups in total. The summed E-state index contributed by atoms with van der Waals surface area (Å²) in [6.45, 7) is 0.666. The fourth-order valence-electron chi connectivity index (χ4n) is 1.67. The van der Waals surface area contributed by atoms with Crippen molar-refractivity contribution in [3.8, 4) is 5.75 Å². The zero-order chi connectivity index (χ0) is 14.0. The second-order valence-electron chi connectivity index (χ2n) is 3.73. The lowest BCUT2D eigenvalue weighted by Gasteiger charge is -2.09. The van der Waals surface area contributed by atoms with Gasteiger partial charge in [-0.2, -0.15) is 11.8 Å². The summed E-state index contributed by atoms with van der Waals surface area (Å²) in [6.07, 6.45) is -2.72. The molecule has 0 bridgehead atoms. The second-order valence-corrected chi connectivity index (χ2v) is 5.75. The van der Waals surface area contributed by atoms with Gasteiger partial charge in [0.2, 0.25) is 0 Å². The lowest BCUT2D eigenvalue weighted by Crippen LogP contribution is -2.17. The molecule has 104 valence electrons. The number of nitrogens with one attached hydrogen (secondary N) is 1. The Kier molecular flexibility index (Phi) is 4.10. The zero-order valence-electron chi connectivity index (χ0n) is 9.95. The summed E-state index contributed by atoms with van der Waals surface area (Å²) < 4.78 is 42.7. The number of alkyl halides is 3. The summed E-state index contributed by atoms with van der Waals surface area (Å²) in [6, 6.07) is 4.16. The molecule has 1 heterocycles. The number of aromatic nitrogens is 1. The van der Waals surface area contributed by atoms with Gasteiger partial charge in [0.05, 0.1) is 10.2 Å². The van der Waals surface area contributed by atoms with E-state index in [1.807, 2.05) is 6.26 Å². The van der Waals surface area contributed by atoms with Crippen LogP contribution in [0, 0.1) is 5.41 Å². The smallest absolute Gasteiger partial charge is 0.406 e. The van der Waals surface area contributed by atoms with Gasteiger partial charge < -0.3 is 9.30 Å². The van der Waals surface area contributed by atoms with Gasteiger partial charge in [-0.15, -0.1) is 13.2 Å². The van der Waals surface area contributed by atoms with Crippen molar-refractivity contribution in [3.63, 3.8) is 0 Å². The van der Waals surface area contributed by atoms with Gasteiger partial charge in [-0.3, -0.25) is 5.41 Å². The van der Waals surface area contributed by atoms with Crippen LogP contribution in [0.2, 0.25) is 0 Å². The summed E-state index contributed by atoms with van der Waals surface area (Å²) in [7, 11) is 0. The maximum absolute atomic E-state index is 12.1. The van der Waals surface area contributed by atoms with Gasteiger partial charge in [-0.1, -0.05) is 11.3 Å². The number of aryl methyl sites for hydroxylation is 1.